The molecule has 2 aliphatic rings. The Kier molecular flexibility index (Phi) is 3.70. The first kappa shape index (κ1) is 12.8. The van der Waals surface area contributed by atoms with Crippen molar-refractivity contribution in [3.05, 3.63) is 0 Å². The number of hydrogen-bond donors (Lipinski definition) is 1. The van der Waals surface area contributed by atoms with Gasteiger partial charge >= 0.3 is 5.97 Å². The van der Waals surface area contributed by atoms with Crippen molar-refractivity contribution in [2.75, 3.05) is 32.5 Å². The molecule has 0 aromatic rings. The number of nitrogens with zero attached hydrogens (tertiary/aromatic N) is 1. The summed E-state index contributed by atoms with van der Waals surface area (Å²) in [5, 5.41) is 3.20. The van der Waals surface area contributed by atoms with Gasteiger partial charge in [-0.15, -0.1) is 0 Å². The number of ether oxygens (including phenoxy) is 1. The summed E-state index contributed by atoms with van der Waals surface area (Å²) in [6.07, 6.45) is 0.843. The Bertz CT molecular complexity index is 395. The number of rotatable bonds is 4. The summed E-state index contributed by atoms with van der Waals surface area (Å²) < 4.78 is 30.2. The molecule has 2 heterocycles. The van der Waals surface area contributed by atoms with E-state index < -0.39 is 16.0 Å². The van der Waals surface area contributed by atoms with E-state index >= 15 is 0 Å². The summed E-state index contributed by atoms with van der Waals surface area (Å²) in [5.74, 6) is -0.195. The first-order chi connectivity index (χ1) is 8.04. The van der Waals surface area contributed by atoms with Crippen LogP contribution >= 0.6 is 0 Å². The summed E-state index contributed by atoms with van der Waals surface area (Å²) in [6.45, 7) is 2.20. The van der Waals surface area contributed by atoms with Gasteiger partial charge in [-0.1, -0.05) is 0 Å². The normalized spacial score (nSPS) is 29.2. The van der Waals surface area contributed by atoms with Crippen molar-refractivity contribution in [3.8, 4) is 0 Å². The zero-order valence-electron chi connectivity index (χ0n) is 9.89. The van der Waals surface area contributed by atoms with Gasteiger partial charge < -0.3 is 10.1 Å². The number of methoxy groups -OCH3 is 1. The number of nitrogens with one attached hydrogen (secondary N) is 1. The van der Waals surface area contributed by atoms with Gasteiger partial charge in [0, 0.05) is 19.1 Å². The van der Waals surface area contributed by atoms with Crippen molar-refractivity contribution in [2.24, 2.45) is 5.92 Å². The second-order valence-corrected chi connectivity index (χ2v) is 6.57. The van der Waals surface area contributed by atoms with Crippen molar-refractivity contribution >= 4 is 16.0 Å². The molecule has 6 nitrogen and oxygen atoms in total. The molecule has 0 aromatic heterocycles. The van der Waals surface area contributed by atoms with Crippen LogP contribution in [-0.4, -0.2) is 57.2 Å². The number of esters is 1. The molecule has 0 radical (unpaired) electrons. The first-order valence-electron chi connectivity index (χ1n) is 5.81. The van der Waals surface area contributed by atoms with Gasteiger partial charge in [0.1, 0.15) is 0 Å². The Hall–Kier alpha value is -0.660. The molecule has 17 heavy (non-hydrogen) atoms. The maximum atomic E-state index is 12.1. The largest absolute Gasteiger partial charge is 0.469 e. The molecule has 0 saturated carbocycles. The molecule has 2 atom stereocenters. The fraction of sp³-hybridized carbons (Fsp3) is 0.900. The van der Waals surface area contributed by atoms with E-state index in [-0.39, 0.29) is 18.2 Å². The zero-order chi connectivity index (χ0) is 12.5. The number of carbonyl (C=O) groups is 1. The first-order valence-corrected chi connectivity index (χ1v) is 7.42. The van der Waals surface area contributed by atoms with Crippen LogP contribution in [0.25, 0.3) is 0 Å². The number of carbonyl (C=O) groups excluding carboxylic acids is 1. The van der Waals surface area contributed by atoms with Crippen LogP contribution in [0.5, 0.6) is 0 Å². The highest BCUT2D eigenvalue weighted by atomic mass is 32.2. The van der Waals surface area contributed by atoms with Gasteiger partial charge in [-0.25, -0.2) is 8.42 Å². The van der Waals surface area contributed by atoms with E-state index in [1.165, 1.54) is 7.11 Å². The monoisotopic (exact) mass is 262 g/mol. The lowest BCUT2D eigenvalue weighted by molar-refractivity contribution is -0.140. The standard InChI is InChI=1S/C10H18N2O4S/c1-16-10(13)3-5-17(14,15)12-4-2-8-6-11-7-9(8)12/h8-9,11H,2-7H2,1H3/t8-,9+/m0/s1. The lowest BCUT2D eigenvalue weighted by Crippen LogP contribution is -2.40. The number of hydrogen-bond acceptors (Lipinski definition) is 5. The molecule has 2 aliphatic heterocycles. The highest BCUT2D eigenvalue weighted by Gasteiger charge is 2.43. The molecule has 0 aromatic carbocycles. The fourth-order valence-electron chi connectivity index (χ4n) is 2.59. The Morgan fingerprint density at radius 1 is 1.47 bits per heavy atom. The summed E-state index contributed by atoms with van der Waals surface area (Å²) in [7, 11) is -2.06. The smallest absolute Gasteiger partial charge is 0.306 e. The molecule has 2 saturated heterocycles. The van der Waals surface area contributed by atoms with Crippen LogP contribution < -0.4 is 5.32 Å². The van der Waals surface area contributed by atoms with Crippen molar-refractivity contribution < 1.29 is 17.9 Å². The zero-order valence-corrected chi connectivity index (χ0v) is 10.7. The molecule has 0 amide bonds. The van der Waals surface area contributed by atoms with Crippen LogP contribution in [0.4, 0.5) is 0 Å². The third-order valence-electron chi connectivity index (χ3n) is 3.54. The molecule has 0 unspecified atom stereocenters. The van der Waals surface area contributed by atoms with Gasteiger partial charge in [-0.05, 0) is 18.9 Å². The van der Waals surface area contributed by atoms with Crippen molar-refractivity contribution in [3.63, 3.8) is 0 Å². The van der Waals surface area contributed by atoms with E-state index in [1.807, 2.05) is 0 Å². The van der Waals surface area contributed by atoms with E-state index in [0.717, 1.165) is 19.5 Å². The van der Waals surface area contributed by atoms with Crippen LogP contribution in [0.1, 0.15) is 12.8 Å². The van der Waals surface area contributed by atoms with Gasteiger partial charge in [0.25, 0.3) is 0 Å². The third-order valence-corrected chi connectivity index (χ3v) is 5.43. The van der Waals surface area contributed by atoms with Gasteiger partial charge in [0.2, 0.25) is 10.0 Å². The van der Waals surface area contributed by atoms with E-state index in [0.29, 0.717) is 12.5 Å². The second-order valence-electron chi connectivity index (χ2n) is 4.53. The Morgan fingerprint density at radius 2 is 2.24 bits per heavy atom. The minimum Gasteiger partial charge on any atom is -0.469 e. The minimum atomic E-state index is -3.33. The summed E-state index contributed by atoms with van der Waals surface area (Å²) in [5.41, 5.74) is 0. The topological polar surface area (TPSA) is 75.7 Å². The van der Waals surface area contributed by atoms with Crippen molar-refractivity contribution in [2.45, 2.75) is 18.9 Å². The highest BCUT2D eigenvalue weighted by Crippen LogP contribution is 2.29. The molecule has 2 fully saturated rings. The van der Waals surface area contributed by atoms with Crippen LogP contribution in [0.2, 0.25) is 0 Å². The Balaban J connectivity index is 1.98. The Labute approximate surface area is 101 Å². The SMILES string of the molecule is COC(=O)CCS(=O)(=O)N1CC[C@H]2CNC[C@H]21. The summed E-state index contributed by atoms with van der Waals surface area (Å²) >= 11 is 0. The van der Waals surface area contributed by atoms with E-state index in [4.69, 9.17) is 0 Å². The number of fused-ring (bicyclic) bond motifs is 1. The lowest BCUT2D eigenvalue weighted by Gasteiger charge is -2.22. The number of sulfonamides is 1. The summed E-state index contributed by atoms with van der Waals surface area (Å²) in [4.78, 5) is 11.0. The quantitative estimate of drug-likeness (QED) is 0.670. The predicted octanol–water partition coefficient (Wildman–Crippen LogP) is -0.827. The summed E-state index contributed by atoms with van der Waals surface area (Å²) in [6, 6.07) is 0.0812. The van der Waals surface area contributed by atoms with Gasteiger partial charge in [0.05, 0.1) is 19.3 Å². The Morgan fingerprint density at radius 3 is 2.94 bits per heavy atom. The molecule has 1 N–H and O–H groups in total. The van der Waals surface area contributed by atoms with Crippen LogP contribution in [0.3, 0.4) is 0 Å². The second kappa shape index (κ2) is 4.91. The average molecular weight is 262 g/mol. The molecule has 0 aliphatic carbocycles. The molecule has 0 spiro atoms. The molecule has 7 heteroatoms. The highest BCUT2D eigenvalue weighted by molar-refractivity contribution is 7.89. The van der Waals surface area contributed by atoms with Crippen molar-refractivity contribution in [1.82, 2.24) is 9.62 Å². The fourth-order valence-corrected chi connectivity index (χ4v) is 4.29. The third kappa shape index (κ3) is 2.61. The molecular formula is C10H18N2O4S. The molecule has 2 rings (SSSR count). The van der Waals surface area contributed by atoms with E-state index in [9.17, 15) is 13.2 Å². The van der Waals surface area contributed by atoms with Crippen LogP contribution in [0, 0.1) is 5.92 Å². The van der Waals surface area contributed by atoms with Gasteiger partial charge in [0.15, 0.2) is 0 Å². The van der Waals surface area contributed by atoms with Crippen LogP contribution in [-0.2, 0) is 19.6 Å². The molecular weight excluding hydrogens is 244 g/mol. The van der Waals surface area contributed by atoms with E-state index in [1.54, 1.807) is 4.31 Å². The average Bonchev–Trinajstić information content (AvgIpc) is 2.87. The lowest BCUT2D eigenvalue weighted by atomic mass is 10.1. The molecule has 0 bridgehead atoms. The maximum Gasteiger partial charge on any atom is 0.306 e. The van der Waals surface area contributed by atoms with Crippen molar-refractivity contribution in [1.29, 1.82) is 0 Å². The minimum absolute atomic E-state index is 0.0693. The maximum absolute atomic E-state index is 12.1. The van der Waals surface area contributed by atoms with E-state index in [2.05, 4.69) is 10.1 Å². The van der Waals surface area contributed by atoms with Gasteiger partial charge in [-0.3, -0.25) is 4.79 Å². The molecule has 98 valence electrons. The van der Waals surface area contributed by atoms with Crippen LogP contribution in [0.15, 0.2) is 0 Å². The predicted molar refractivity (Wildman–Crippen MR) is 61.9 cm³/mol. The van der Waals surface area contributed by atoms with Gasteiger partial charge in [-0.2, -0.15) is 4.31 Å².